The van der Waals surface area contributed by atoms with Crippen LogP contribution in [0.5, 0.6) is 0 Å². The molecule has 96 valence electrons. The van der Waals surface area contributed by atoms with Gasteiger partial charge in [-0.25, -0.2) is 0 Å². The van der Waals surface area contributed by atoms with Gasteiger partial charge in [0, 0.05) is 0 Å². The fourth-order valence-electron chi connectivity index (χ4n) is 1.93. The van der Waals surface area contributed by atoms with E-state index in [-0.39, 0.29) is 34.6 Å². The molecule has 0 aromatic carbocycles. The summed E-state index contributed by atoms with van der Waals surface area (Å²) in [6.07, 6.45) is 15.1. The first-order valence-electron chi connectivity index (χ1n) is 6.97. The standard InChI is InChI=1S/C14H28OS.Na/c1-2-3-4-5-6-7-8-9-10-11-12-13-14(15)16;/h2-13H2,1H3,(H,15,16);/q;+1/p-1. The van der Waals surface area contributed by atoms with Gasteiger partial charge in [-0.15, -0.1) is 12.2 Å². The van der Waals surface area contributed by atoms with E-state index in [0.29, 0.717) is 6.42 Å². The molecule has 0 bridgehead atoms. The topological polar surface area (TPSA) is 23.1 Å². The van der Waals surface area contributed by atoms with Crippen LogP contribution in [0.25, 0.3) is 0 Å². The molecule has 0 aliphatic heterocycles. The molecule has 0 aromatic rings. The van der Waals surface area contributed by atoms with E-state index < -0.39 is 0 Å². The van der Waals surface area contributed by atoms with Crippen LogP contribution in [0.3, 0.4) is 0 Å². The smallest absolute Gasteiger partial charge is 0.867 e. The molecular formula is C14H27NaOS. The number of rotatable bonds is 12. The van der Waals surface area contributed by atoms with E-state index in [0.717, 1.165) is 6.42 Å². The van der Waals surface area contributed by atoms with Crippen LogP contribution in [-0.4, -0.2) is 5.05 Å². The third-order valence-electron chi connectivity index (χ3n) is 2.98. The Morgan fingerprint density at radius 3 is 1.47 bits per heavy atom. The Balaban J connectivity index is 0. The molecule has 0 fully saturated rings. The van der Waals surface area contributed by atoms with Gasteiger partial charge >= 0.3 is 29.6 Å². The predicted molar refractivity (Wildman–Crippen MR) is 73.7 cm³/mol. The molecule has 1 nitrogen and oxygen atoms in total. The van der Waals surface area contributed by atoms with Crippen molar-refractivity contribution < 1.29 is 34.7 Å². The van der Waals surface area contributed by atoms with E-state index in [1.807, 2.05) is 0 Å². The molecular weight excluding hydrogens is 239 g/mol. The molecule has 0 atom stereocenters. The second-order valence-electron chi connectivity index (χ2n) is 4.66. The summed E-state index contributed by atoms with van der Waals surface area (Å²) in [5.74, 6) is 0. The molecule has 0 aromatic heterocycles. The van der Waals surface area contributed by atoms with Crippen LogP contribution in [0, 0.1) is 0 Å². The maximum Gasteiger partial charge on any atom is 1.00 e. The van der Waals surface area contributed by atoms with E-state index in [9.17, 15) is 5.11 Å². The summed E-state index contributed by atoms with van der Waals surface area (Å²) in [4.78, 5) is 0. The Bertz CT molecular complexity index is 162. The minimum Gasteiger partial charge on any atom is -0.867 e. The van der Waals surface area contributed by atoms with Crippen molar-refractivity contribution in [3.63, 3.8) is 0 Å². The molecule has 0 unspecified atom stereocenters. The van der Waals surface area contributed by atoms with Crippen molar-refractivity contribution in [3.05, 3.63) is 0 Å². The van der Waals surface area contributed by atoms with E-state index in [2.05, 4.69) is 19.1 Å². The molecule has 0 aliphatic rings. The van der Waals surface area contributed by atoms with Gasteiger partial charge in [-0.3, -0.25) is 0 Å². The van der Waals surface area contributed by atoms with E-state index in [1.54, 1.807) is 0 Å². The SMILES string of the molecule is CCCCCCCCCCCCCC([O-])=S.[Na+]. The van der Waals surface area contributed by atoms with Gasteiger partial charge in [0.2, 0.25) is 0 Å². The van der Waals surface area contributed by atoms with Gasteiger partial charge in [-0.2, -0.15) is 0 Å². The Morgan fingerprint density at radius 1 is 0.765 bits per heavy atom. The first kappa shape index (κ1) is 20.2. The van der Waals surface area contributed by atoms with Gasteiger partial charge in [0.05, 0.1) is 0 Å². The van der Waals surface area contributed by atoms with Crippen LogP contribution in [-0.2, 0) is 0 Å². The molecule has 0 N–H and O–H groups in total. The minimum atomic E-state index is -0.0732. The molecule has 0 spiro atoms. The number of unbranched alkanes of at least 4 members (excludes halogenated alkanes) is 10. The minimum absolute atomic E-state index is 0. The summed E-state index contributed by atoms with van der Waals surface area (Å²) in [5.41, 5.74) is 0. The summed E-state index contributed by atoms with van der Waals surface area (Å²) in [5, 5.41) is 10.4. The van der Waals surface area contributed by atoms with E-state index in [1.165, 1.54) is 64.2 Å². The molecule has 0 rings (SSSR count). The Hall–Kier alpha value is 0.890. The van der Waals surface area contributed by atoms with Crippen molar-refractivity contribution in [1.29, 1.82) is 0 Å². The first-order chi connectivity index (χ1) is 7.77. The largest absolute Gasteiger partial charge is 1.00 e. The fraction of sp³-hybridized carbons (Fsp3) is 0.929. The van der Waals surface area contributed by atoms with Crippen LogP contribution in [0.4, 0.5) is 0 Å². The van der Waals surface area contributed by atoms with Crippen LogP contribution in [0.2, 0.25) is 0 Å². The quantitative estimate of drug-likeness (QED) is 0.303. The number of hydrogen-bond acceptors (Lipinski definition) is 2. The van der Waals surface area contributed by atoms with Crippen molar-refractivity contribution in [1.82, 2.24) is 0 Å². The summed E-state index contributed by atoms with van der Waals surface area (Å²) < 4.78 is 0. The first-order valence-corrected chi connectivity index (χ1v) is 7.38. The van der Waals surface area contributed by atoms with Crippen LogP contribution < -0.4 is 34.7 Å². The van der Waals surface area contributed by atoms with E-state index in [4.69, 9.17) is 0 Å². The number of thiocarbonyl (C=S) groups is 1. The monoisotopic (exact) mass is 266 g/mol. The molecule has 0 radical (unpaired) electrons. The zero-order chi connectivity index (χ0) is 12.1. The van der Waals surface area contributed by atoms with Crippen LogP contribution in [0.15, 0.2) is 0 Å². The second-order valence-corrected chi connectivity index (χ2v) is 5.11. The fourth-order valence-corrected chi connectivity index (χ4v) is 2.08. The second kappa shape index (κ2) is 16.9. The number of hydrogen-bond donors (Lipinski definition) is 0. The molecule has 0 saturated heterocycles. The molecule has 0 saturated carbocycles. The van der Waals surface area contributed by atoms with Crippen molar-refractivity contribution in [2.24, 2.45) is 0 Å². The normalized spacial score (nSPS) is 9.94. The zero-order valence-corrected chi connectivity index (χ0v) is 14.6. The van der Waals surface area contributed by atoms with Crippen LogP contribution >= 0.6 is 12.2 Å². The van der Waals surface area contributed by atoms with Gasteiger partial charge in [0.15, 0.2) is 0 Å². The average Bonchev–Trinajstić information content (AvgIpc) is 2.25. The van der Waals surface area contributed by atoms with Crippen molar-refractivity contribution in [3.8, 4) is 0 Å². The molecule has 0 amide bonds. The molecule has 17 heavy (non-hydrogen) atoms. The van der Waals surface area contributed by atoms with Crippen molar-refractivity contribution >= 4 is 17.3 Å². The third-order valence-corrected chi connectivity index (χ3v) is 3.19. The summed E-state index contributed by atoms with van der Waals surface area (Å²) in [6, 6.07) is 0. The van der Waals surface area contributed by atoms with Gasteiger partial charge in [-0.1, -0.05) is 76.2 Å². The van der Waals surface area contributed by atoms with E-state index >= 15 is 0 Å². The van der Waals surface area contributed by atoms with Gasteiger partial charge in [0.1, 0.15) is 0 Å². The molecule has 0 heterocycles. The summed E-state index contributed by atoms with van der Waals surface area (Å²) in [7, 11) is 0. The van der Waals surface area contributed by atoms with Gasteiger partial charge < -0.3 is 5.11 Å². The van der Waals surface area contributed by atoms with Crippen LogP contribution in [0.1, 0.15) is 84.0 Å². The predicted octanol–water partition coefficient (Wildman–Crippen LogP) is 1.38. The summed E-state index contributed by atoms with van der Waals surface area (Å²) in [6.45, 7) is 2.26. The maximum atomic E-state index is 10.5. The summed E-state index contributed by atoms with van der Waals surface area (Å²) >= 11 is 4.51. The van der Waals surface area contributed by atoms with Crippen molar-refractivity contribution in [2.45, 2.75) is 84.0 Å². The average molecular weight is 266 g/mol. The Morgan fingerprint density at radius 2 is 1.12 bits per heavy atom. The molecule has 0 aliphatic carbocycles. The van der Waals surface area contributed by atoms with Gasteiger partial charge in [-0.05, 0) is 12.8 Å². The Labute approximate surface area is 135 Å². The van der Waals surface area contributed by atoms with Crippen molar-refractivity contribution in [2.75, 3.05) is 0 Å². The third kappa shape index (κ3) is 19.4. The molecule has 3 heteroatoms. The maximum absolute atomic E-state index is 10.5. The Kier molecular flexibility index (Phi) is 20.1. The van der Waals surface area contributed by atoms with Gasteiger partial charge in [0.25, 0.3) is 0 Å². The zero-order valence-electron chi connectivity index (χ0n) is 11.8.